The van der Waals surface area contributed by atoms with Gasteiger partial charge < -0.3 is 18.9 Å². The van der Waals surface area contributed by atoms with E-state index in [-0.39, 0.29) is 17.2 Å². The molecule has 6 fully saturated rings. The highest BCUT2D eigenvalue weighted by Gasteiger charge is 2.45. The van der Waals surface area contributed by atoms with Crippen LogP contribution in [0, 0.1) is 117 Å². The van der Waals surface area contributed by atoms with Gasteiger partial charge in [0, 0.05) is 35.7 Å². The number of rotatable bonds is 9. The summed E-state index contributed by atoms with van der Waals surface area (Å²) < 4.78 is 168. The van der Waals surface area contributed by atoms with E-state index in [1.807, 2.05) is 0 Å². The van der Waals surface area contributed by atoms with Crippen LogP contribution in [0.2, 0.25) is 0 Å². The SMILES string of the molecule is CC1CCC(C2CCC(C(=O)Oc3cc(F)c(F)c(F)c3)CC2)CC1.CC1CCC(C2CCC(C(F)(F)Oc3cc(F)c(F)c(F)c3)CC2)CC1.CC1CCC(C2COC(c3cc(F)c(F)c(F)c3)OC2)CC1. The first kappa shape index (κ1) is 56.8. The van der Waals surface area contributed by atoms with Gasteiger partial charge in [0.05, 0.1) is 25.0 Å². The zero-order chi connectivity index (χ0) is 52.6. The van der Waals surface area contributed by atoms with Gasteiger partial charge in [-0.2, -0.15) is 8.78 Å². The average molecular weight is 1050 g/mol. The zero-order valence-electron chi connectivity index (χ0n) is 42.1. The van der Waals surface area contributed by atoms with Gasteiger partial charge in [-0.05, 0) is 149 Å². The molecule has 3 aromatic rings. The number of alkyl halides is 2. The normalized spacial score (nSPS) is 31.0. The number of hydrogen-bond donors (Lipinski definition) is 0. The van der Waals surface area contributed by atoms with Crippen molar-refractivity contribution in [1.82, 2.24) is 0 Å². The minimum Gasteiger partial charge on any atom is -0.432 e. The first-order valence-electron chi connectivity index (χ1n) is 26.7. The van der Waals surface area contributed by atoms with Crippen LogP contribution in [0.3, 0.4) is 0 Å². The van der Waals surface area contributed by atoms with Crippen LogP contribution in [0.4, 0.5) is 48.3 Å². The van der Waals surface area contributed by atoms with E-state index in [2.05, 4.69) is 25.5 Å². The van der Waals surface area contributed by atoms with E-state index < -0.39 is 82.4 Å². The van der Waals surface area contributed by atoms with Crippen molar-refractivity contribution in [1.29, 1.82) is 0 Å². The number of hydrogen-bond acceptors (Lipinski definition) is 5. The summed E-state index contributed by atoms with van der Waals surface area (Å²) in [6, 6.07) is 4.22. The van der Waals surface area contributed by atoms with Crippen LogP contribution in [0.1, 0.15) is 161 Å². The molecule has 73 heavy (non-hydrogen) atoms. The molecule has 406 valence electrons. The second-order valence-corrected chi connectivity index (χ2v) is 22.3. The molecule has 1 heterocycles. The Morgan fingerprint density at radius 1 is 0.438 bits per heavy atom. The van der Waals surface area contributed by atoms with E-state index in [1.165, 1.54) is 77.0 Å². The maximum atomic E-state index is 14.4. The van der Waals surface area contributed by atoms with Crippen molar-refractivity contribution in [3.05, 3.63) is 94.3 Å². The zero-order valence-corrected chi connectivity index (χ0v) is 42.1. The molecule has 0 amide bonds. The highest BCUT2D eigenvalue weighted by atomic mass is 19.3. The van der Waals surface area contributed by atoms with E-state index in [0.717, 1.165) is 74.3 Å². The largest absolute Gasteiger partial charge is 0.432 e. The lowest BCUT2D eigenvalue weighted by molar-refractivity contribution is -0.224. The van der Waals surface area contributed by atoms with E-state index in [9.17, 15) is 53.1 Å². The summed E-state index contributed by atoms with van der Waals surface area (Å²) in [5.74, 6) is -9.70. The fraction of sp³-hybridized carbons (Fsp3) is 0.667. The molecule has 0 unspecified atom stereocenters. The summed E-state index contributed by atoms with van der Waals surface area (Å²) >= 11 is 0. The minimum absolute atomic E-state index is 0.187. The lowest BCUT2D eigenvalue weighted by atomic mass is 9.69. The van der Waals surface area contributed by atoms with Crippen molar-refractivity contribution in [2.45, 2.75) is 162 Å². The molecule has 1 aliphatic heterocycles. The standard InChI is InChI=1S/C20H25F5O.C20H25F3O2.C17H21F3O2/c1-12-2-4-13(5-3-12)14-6-8-15(9-7-14)20(24,25)26-16-10-17(21)19(23)18(22)11-16;1-12-2-4-13(5-3-12)14-6-8-15(9-7-14)20(24)25-16-10-17(21)19(23)18(22)11-16;1-10-2-4-11(5-3-10)13-8-21-17(22-9-13)12-6-14(18)16(20)15(19)7-12/h10-15H,2-9H2,1H3;10-15H,2-9H2,1H3;6-7,10-11,13,17H,2-5,8-9H2,1H3. The van der Waals surface area contributed by atoms with Gasteiger partial charge in [0.25, 0.3) is 0 Å². The van der Waals surface area contributed by atoms with Crippen LogP contribution < -0.4 is 9.47 Å². The van der Waals surface area contributed by atoms with Crippen LogP contribution in [-0.2, 0) is 14.3 Å². The van der Waals surface area contributed by atoms with Crippen LogP contribution >= 0.6 is 0 Å². The highest BCUT2D eigenvalue weighted by Crippen LogP contribution is 2.46. The Morgan fingerprint density at radius 2 is 0.753 bits per heavy atom. The van der Waals surface area contributed by atoms with Gasteiger partial charge in [-0.25, -0.2) is 39.5 Å². The molecule has 5 saturated carbocycles. The van der Waals surface area contributed by atoms with Crippen molar-refractivity contribution in [3.8, 4) is 11.5 Å². The maximum Gasteiger partial charge on any atom is 0.400 e. The van der Waals surface area contributed by atoms with E-state index in [1.54, 1.807) is 0 Å². The summed E-state index contributed by atoms with van der Waals surface area (Å²) in [4.78, 5) is 12.2. The summed E-state index contributed by atoms with van der Waals surface area (Å²) in [6.07, 6.45) is 16.1. The Morgan fingerprint density at radius 3 is 1.14 bits per heavy atom. The van der Waals surface area contributed by atoms with Crippen LogP contribution in [0.25, 0.3) is 0 Å². The molecule has 1 saturated heterocycles. The molecule has 0 radical (unpaired) electrons. The summed E-state index contributed by atoms with van der Waals surface area (Å²) in [6.45, 7) is 7.88. The third-order valence-corrected chi connectivity index (χ3v) is 17.1. The Labute approximate surface area is 422 Å². The summed E-state index contributed by atoms with van der Waals surface area (Å²) in [5.41, 5.74) is 0.187. The second kappa shape index (κ2) is 25.7. The van der Waals surface area contributed by atoms with E-state index >= 15 is 0 Å². The molecule has 0 aromatic heterocycles. The monoisotopic (exact) mass is 1040 g/mol. The first-order chi connectivity index (χ1) is 34.7. The number of carbonyl (C=O) groups excluding carboxylic acids is 1. The van der Waals surface area contributed by atoms with E-state index in [4.69, 9.17) is 14.2 Å². The topological polar surface area (TPSA) is 54.0 Å². The van der Waals surface area contributed by atoms with Crippen molar-refractivity contribution in [2.24, 2.45) is 65.1 Å². The van der Waals surface area contributed by atoms with E-state index in [0.29, 0.717) is 79.9 Å². The molecule has 0 atom stereocenters. The molecule has 0 spiro atoms. The van der Waals surface area contributed by atoms with Crippen molar-refractivity contribution >= 4 is 5.97 Å². The third kappa shape index (κ3) is 15.4. The summed E-state index contributed by atoms with van der Waals surface area (Å²) in [7, 11) is 0. The van der Waals surface area contributed by atoms with Crippen molar-refractivity contribution in [2.75, 3.05) is 13.2 Å². The van der Waals surface area contributed by atoms with Gasteiger partial charge in [0.1, 0.15) is 11.5 Å². The van der Waals surface area contributed by atoms with Crippen LogP contribution in [0.5, 0.6) is 11.5 Å². The van der Waals surface area contributed by atoms with Crippen LogP contribution in [-0.4, -0.2) is 25.3 Å². The predicted octanol–water partition coefficient (Wildman–Crippen LogP) is 16.9. The Bertz CT molecular complexity index is 2180. The van der Waals surface area contributed by atoms with Crippen molar-refractivity contribution < 1.29 is 72.0 Å². The summed E-state index contributed by atoms with van der Waals surface area (Å²) in [5, 5.41) is 0. The Balaban J connectivity index is 0.000000161. The molecule has 0 N–H and O–H groups in total. The van der Waals surface area contributed by atoms with Crippen LogP contribution in [0.15, 0.2) is 36.4 Å². The minimum atomic E-state index is -3.53. The number of esters is 1. The second-order valence-electron chi connectivity index (χ2n) is 22.3. The molecule has 5 nitrogen and oxygen atoms in total. The smallest absolute Gasteiger partial charge is 0.400 e. The van der Waals surface area contributed by atoms with Gasteiger partial charge in [0.2, 0.25) is 0 Å². The van der Waals surface area contributed by atoms with Gasteiger partial charge in [-0.15, -0.1) is 0 Å². The predicted molar refractivity (Wildman–Crippen MR) is 253 cm³/mol. The number of carbonyl (C=O) groups is 1. The number of ether oxygens (including phenoxy) is 4. The van der Waals surface area contributed by atoms with Gasteiger partial charge in [0.15, 0.2) is 58.6 Å². The van der Waals surface area contributed by atoms with Crippen molar-refractivity contribution in [3.63, 3.8) is 0 Å². The molecule has 6 aliphatic rings. The molecular formula is C57H71F11O5. The lowest BCUT2D eigenvalue weighted by Gasteiger charge is -2.38. The molecule has 5 aliphatic carbocycles. The quantitative estimate of drug-likeness (QED) is 0.0925. The van der Waals surface area contributed by atoms with Gasteiger partial charge >= 0.3 is 12.1 Å². The highest BCUT2D eigenvalue weighted by molar-refractivity contribution is 5.75. The maximum absolute atomic E-state index is 14.4. The third-order valence-electron chi connectivity index (χ3n) is 17.1. The molecule has 3 aromatic carbocycles. The Kier molecular flexibility index (Phi) is 20.0. The molecule has 9 rings (SSSR count). The number of benzene rings is 3. The molecule has 0 bridgehead atoms. The Hall–Kier alpha value is -3.92. The fourth-order valence-electron chi connectivity index (χ4n) is 12.3. The van der Waals surface area contributed by atoms with Gasteiger partial charge in [-0.1, -0.05) is 59.3 Å². The number of halogens is 11. The molecular weight excluding hydrogens is 974 g/mol. The lowest BCUT2D eigenvalue weighted by Crippen LogP contribution is -2.38. The van der Waals surface area contributed by atoms with Gasteiger partial charge in [-0.3, -0.25) is 4.79 Å². The first-order valence-corrected chi connectivity index (χ1v) is 26.7. The molecule has 16 heteroatoms. The average Bonchev–Trinajstić information content (AvgIpc) is 3.37. The fourth-order valence-corrected chi connectivity index (χ4v) is 12.3.